The second-order valence-electron chi connectivity index (χ2n) is 9.71. The van der Waals surface area contributed by atoms with Crippen molar-refractivity contribution >= 4 is 45.8 Å². The van der Waals surface area contributed by atoms with Crippen LogP contribution >= 0.6 is 23.4 Å². The number of aromatic nitrogens is 4. The molecule has 0 radical (unpaired) electrons. The number of ether oxygens (including phenoxy) is 2. The number of thioether (sulfide) groups is 1. The third kappa shape index (κ3) is 7.18. The van der Waals surface area contributed by atoms with Gasteiger partial charge in [0.2, 0.25) is 5.91 Å². The summed E-state index contributed by atoms with van der Waals surface area (Å²) in [6.45, 7) is 0.784. The molecule has 0 atom stereocenters. The van der Waals surface area contributed by atoms with Gasteiger partial charge in [0.05, 0.1) is 35.8 Å². The van der Waals surface area contributed by atoms with E-state index in [2.05, 4.69) is 10.3 Å². The number of hydrogen-bond donors (Lipinski definition) is 1. The number of pyridine rings is 1. The van der Waals surface area contributed by atoms with E-state index in [9.17, 15) is 14.4 Å². The zero-order chi connectivity index (χ0) is 30.3. The number of benzene rings is 2. The lowest BCUT2D eigenvalue weighted by Crippen LogP contribution is -2.27. The first-order valence-electron chi connectivity index (χ1n) is 13.6. The first kappa shape index (κ1) is 30.1. The zero-order valence-electron chi connectivity index (χ0n) is 23.7. The molecule has 3 aromatic heterocycles. The predicted octanol–water partition coefficient (Wildman–Crippen LogP) is 4.51. The van der Waals surface area contributed by atoms with Crippen molar-refractivity contribution in [3.63, 3.8) is 0 Å². The van der Waals surface area contributed by atoms with E-state index in [1.165, 1.54) is 28.4 Å². The summed E-state index contributed by atoms with van der Waals surface area (Å²) < 4.78 is 13.6. The summed E-state index contributed by atoms with van der Waals surface area (Å²) in [6, 6.07) is 17.6. The Morgan fingerprint density at radius 3 is 2.63 bits per heavy atom. The van der Waals surface area contributed by atoms with Crippen LogP contribution in [-0.4, -0.2) is 45.6 Å². The number of amides is 1. The van der Waals surface area contributed by atoms with Crippen molar-refractivity contribution in [3.8, 4) is 11.5 Å². The van der Waals surface area contributed by atoms with Gasteiger partial charge >= 0.3 is 0 Å². The largest absolute Gasteiger partial charge is 0.493 e. The topological polar surface area (TPSA) is 117 Å². The summed E-state index contributed by atoms with van der Waals surface area (Å²) >= 11 is 7.34. The van der Waals surface area contributed by atoms with Gasteiger partial charge in [-0.2, -0.15) is 0 Å². The van der Waals surface area contributed by atoms with E-state index in [0.29, 0.717) is 75.6 Å². The van der Waals surface area contributed by atoms with Gasteiger partial charge in [-0.05, 0) is 54.8 Å². The van der Waals surface area contributed by atoms with E-state index < -0.39 is 0 Å². The van der Waals surface area contributed by atoms with Gasteiger partial charge in [0.25, 0.3) is 11.1 Å². The smallest absolute Gasteiger partial charge is 0.262 e. The van der Waals surface area contributed by atoms with Crippen LogP contribution in [0, 0.1) is 0 Å². The molecule has 0 saturated carbocycles. The fraction of sp³-hybridized carbons (Fsp3) is 0.258. The maximum Gasteiger partial charge on any atom is 0.262 e. The van der Waals surface area contributed by atoms with Gasteiger partial charge in [-0.3, -0.25) is 23.4 Å². The highest BCUT2D eigenvalue weighted by Crippen LogP contribution is 2.27. The van der Waals surface area contributed by atoms with E-state index in [1.807, 2.05) is 24.3 Å². The molecule has 5 rings (SSSR count). The molecule has 0 spiro atoms. The lowest BCUT2D eigenvalue weighted by atomic mass is 10.1. The van der Waals surface area contributed by atoms with E-state index in [0.717, 1.165) is 5.56 Å². The maximum atomic E-state index is 13.4. The number of hydrogen-bond acceptors (Lipinski definition) is 8. The number of methoxy groups -OCH3 is 2. The highest BCUT2D eigenvalue weighted by atomic mass is 35.5. The van der Waals surface area contributed by atoms with E-state index >= 15 is 0 Å². The minimum atomic E-state index is -0.246. The normalized spacial score (nSPS) is 11.1. The highest BCUT2D eigenvalue weighted by molar-refractivity contribution is 7.98. The molecule has 3 heterocycles. The van der Waals surface area contributed by atoms with Crippen molar-refractivity contribution in [2.45, 2.75) is 36.7 Å². The maximum absolute atomic E-state index is 13.4. The van der Waals surface area contributed by atoms with Crippen LogP contribution in [0.25, 0.3) is 16.6 Å². The van der Waals surface area contributed by atoms with Gasteiger partial charge in [-0.1, -0.05) is 41.6 Å². The lowest BCUT2D eigenvalue weighted by Gasteiger charge is -2.13. The van der Waals surface area contributed by atoms with Crippen LogP contribution in [0.3, 0.4) is 0 Å². The van der Waals surface area contributed by atoms with Crippen molar-refractivity contribution in [3.05, 3.63) is 104 Å². The van der Waals surface area contributed by atoms with Gasteiger partial charge in [-0.15, -0.1) is 0 Å². The van der Waals surface area contributed by atoms with Gasteiger partial charge in [0, 0.05) is 37.5 Å². The minimum absolute atomic E-state index is 0.0996. The van der Waals surface area contributed by atoms with E-state index in [4.69, 9.17) is 26.1 Å². The summed E-state index contributed by atoms with van der Waals surface area (Å²) in [7, 11) is 3.17. The predicted molar refractivity (Wildman–Crippen MR) is 168 cm³/mol. The van der Waals surface area contributed by atoms with Crippen molar-refractivity contribution < 1.29 is 14.3 Å². The molecule has 12 heteroatoms. The minimum Gasteiger partial charge on any atom is -0.493 e. The second kappa shape index (κ2) is 13.7. The van der Waals surface area contributed by atoms with Gasteiger partial charge in [-0.25, -0.2) is 9.97 Å². The number of rotatable bonds is 12. The van der Waals surface area contributed by atoms with Gasteiger partial charge in [0.15, 0.2) is 16.7 Å². The third-order valence-electron chi connectivity index (χ3n) is 6.82. The Labute approximate surface area is 256 Å². The quantitative estimate of drug-likeness (QED) is 0.160. The highest BCUT2D eigenvalue weighted by Gasteiger charge is 2.14. The first-order chi connectivity index (χ1) is 20.9. The molecule has 0 bridgehead atoms. The molecule has 0 aliphatic heterocycles. The molecule has 0 unspecified atom stereocenters. The molecule has 0 aliphatic rings. The first-order valence-corrected chi connectivity index (χ1v) is 15.0. The van der Waals surface area contributed by atoms with E-state index in [-0.39, 0.29) is 23.4 Å². The Kier molecular flexibility index (Phi) is 9.63. The number of fused-ring (bicyclic) bond motifs is 2. The Morgan fingerprint density at radius 1 is 1.00 bits per heavy atom. The molecule has 0 aliphatic carbocycles. The monoisotopic (exact) mass is 619 g/mol. The lowest BCUT2D eigenvalue weighted by molar-refractivity contribution is -0.121. The fourth-order valence-electron chi connectivity index (χ4n) is 4.66. The Balaban J connectivity index is 1.24. The van der Waals surface area contributed by atoms with Crippen LogP contribution < -0.4 is 25.9 Å². The number of nitrogens with one attached hydrogen (secondary N) is 1. The summed E-state index contributed by atoms with van der Waals surface area (Å²) in [5.41, 5.74) is 2.21. The molecule has 222 valence electrons. The molecule has 1 N–H and O–H groups in total. The molecular formula is C31H30ClN5O5S. The molecule has 0 saturated heterocycles. The third-order valence-corrected chi connectivity index (χ3v) is 8.06. The molecule has 5 aromatic rings. The average molecular weight is 620 g/mol. The Bertz CT molecular complexity index is 1910. The number of carbonyl (C=O) groups excluding carboxylic acids is 1. The van der Waals surface area contributed by atoms with Crippen LogP contribution in [0.1, 0.15) is 24.1 Å². The molecule has 43 heavy (non-hydrogen) atoms. The van der Waals surface area contributed by atoms with Crippen molar-refractivity contribution in [2.75, 3.05) is 20.8 Å². The summed E-state index contributed by atoms with van der Waals surface area (Å²) in [4.78, 5) is 47.9. The number of nitrogens with zero attached hydrogens (tertiary/aromatic N) is 4. The van der Waals surface area contributed by atoms with Crippen LogP contribution in [0.15, 0.2) is 81.6 Å². The van der Waals surface area contributed by atoms with E-state index in [1.54, 1.807) is 49.1 Å². The average Bonchev–Trinajstić information content (AvgIpc) is 3.01. The molecular weight excluding hydrogens is 590 g/mol. The fourth-order valence-corrected chi connectivity index (χ4v) is 5.74. The number of carbonyl (C=O) groups is 1. The van der Waals surface area contributed by atoms with Crippen LogP contribution in [0.4, 0.5) is 0 Å². The van der Waals surface area contributed by atoms with Crippen molar-refractivity contribution in [1.29, 1.82) is 0 Å². The van der Waals surface area contributed by atoms with Gasteiger partial charge < -0.3 is 14.8 Å². The zero-order valence-corrected chi connectivity index (χ0v) is 25.3. The molecule has 0 fully saturated rings. The van der Waals surface area contributed by atoms with Crippen molar-refractivity contribution in [2.24, 2.45) is 0 Å². The Hall–Kier alpha value is -4.35. The van der Waals surface area contributed by atoms with Crippen molar-refractivity contribution in [1.82, 2.24) is 24.3 Å². The van der Waals surface area contributed by atoms with Crippen LogP contribution in [0.2, 0.25) is 5.02 Å². The SMILES string of the molecule is COc1ccc(CCNC(=O)CCCn2c(SCc3cc(=O)n4cc(Cl)ccc4n3)nc3ccccc3c2=O)cc1OC. The standard InChI is InChI=1S/C31H30ClN5O5S/c1-41-25-11-9-20(16-26(25)42-2)13-14-33-28(38)8-5-15-36-30(40)23-6-3-4-7-24(23)35-31(36)43-19-22-17-29(39)37-18-21(32)10-12-27(37)34-22/h3-4,6-7,9-12,16-18H,5,8,13-15,19H2,1-2H3,(H,33,38). The summed E-state index contributed by atoms with van der Waals surface area (Å²) in [5.74, 6) is 1.52. The second-order valence-corrected chi connectivity index (χ2v) is 11.1. The Morgan fingerprint density at radius 2 is 1.81 bits per heavy atom. The molecule has 2 aromatic carbocycles. The van der Waals surface area contributed by atoms with Crippen LogP contribution in [0.5, 0.6) is 11.5 Å². The summed E-state index contributed by atoms with van der Waals surface area (Å²) in [6.07, 6.45) is 2.87. The summed E-state index contributed by atoms with van der Waals surface area (Å²) in [5, 5.41) is 4.39. The van der Waals surface area contributed by atoms with Crippen LogP contribution in [-0.2, 0) is 23.5 Å². The molecule has 1 amide bonds. The van der Waals surface area contributed by atoms with Gasteiger partial charge in [0.1, 0.15) is 5.65 Å². The number of halogens is 1. The number of para-hydroxylation sites is 1. The molecule has 10 nitrogen and oxygen atoms in total.